The first-order valence-corrected chi connectivity index (χ1v) is 5.10. The number of hydrogen-bond acceptors (Lipinski definition) is 3. The van der Waals surface area contributed by atoms with Gasteiger partial charge in [-0.3, -0.25) is 4.98 Å². The van der Waals surface area contributed by atoms with Crippen LogP contribution in [0.4, 0.5) is 8.78 Å². The molecule has 0 saturated heterocycles. The topological polar surface area (TPSA) is 39.2 Å². The third kappa shape index (κ3) is 2.34. The largest absolute Gasteiger partial charge is 0.465 e. The minimum absolute atomic E-state index is 0.0493. The number of methoxy groups -OCH3 is 1. The molecular weight excluding hydrogens is 240 g/mol. The van der Waals surface area contributed by atoms with Crippen LogP contribution >= 0.6 is 0 Å². The molecule has 0 aliphatic carbocycles. The highest BCUT2D eigenvalue weighted by Gasteiger charge is 2.11. The number of carbonyl (C=O) groups is 1. The first kappa shape index (κ1) is 12.2. The Labute approximate surface area is 102 Å². The van der Waals surface area contributed by atoms with Crippen LogP contribution in [0.1, 0.15) is 10.4 Å². The second-order valence-electron chi connectivity index (χ2n) is 3.58. The number of hydrogen-bond donors (Lipinski definition) is 0. The second-order valence-corrected chi connectivity index (χ2v) is 3.58. The van der Waals surface area contributed by atoms with E-state index in [2.05, 4.69) is 9.72 Å². The Balaban J connectivity index is 2.51. The molecule has 0 saturated carbocycles. The summed E-state index contributed by atoms with van der Waals surface area (Å²) in [5.41, 5.74) is 0.543. The lowest BCUT2D eigenvalue weighted by molar-refractivity contribution is 0.0600. The summed E-state index contributed by atoms with van der Waals surface area (Å²) in [7, 11) is 1.23. The lowest BCUT2D eigenvalue weighted by Crippen LogP contribution is -2.02. The third-order valence-electron chi connectivity index (χ3n) is 2.40. The predicted molar refractivity (Wildman–Crippen MR) is 60.9 cm³/mol. The highest BCUT2D eigenvalue weighted by Crippen LogP contribution is 2.23. The van der Waals surface area contributed by atoms with Gasteiger partial charge in [-0.1, -0.05) is 0 Å². The van der Waals surface area contributed by atoms with E-state index in [-0.39, 0.29) is 11.1 Å². The summed E-state index contributed by atoms with van der Waals surface area (Å²) < 4.78 is 31.2. The molecule has 0 unspecified atom stereocenters. The summed E-state index contributed by atoms with van der Waals surface area (Å²) in [4.78, 5) is 15.1. The smallest absolute Gasteiger partial charge is 0.339 e. The molecule has 0 bridgehead atoms. The maximum atomic E-state index is 13.6. The highest BCUT2D eigenvalue weighted by atomic mass is 19.1. The van der Waals surface area contributed by atoms with Crippen molar-refractivity contribution in [2.45, 2.75) is 0 Å². The van der Waals surface area contributed by atoms with Crippen LogP contribution < -0.4 is 0 Å². The van der Waals surface area contributed by atoms with Crippen LogP contribution in [0.3, 0.4) is 0 Å². The van der Waals surface area contributed by atoms with Gasteiger partial charge in [-0.25, -0.2) is 13.6 Å². The van der Waals surface area contributed by atoms with Crippen LogP contribution in [-0.2, 0) is 4.74 Å². The number of carbonyl (C=O) groups excluding carboxylic acids is 1. The van der Waals surface area contributed by atoms with Crippen molar-refractivity contribution in [3.05, 3.63) is 53.9 Å². The molecular formula is C13H9F2NO2. The summed E-state index contributed by atoms with van der Waals surface area (Å²) in [6.07, 6.45) is 2.65. The Morgan fingerprint density at radius 3 is 2.72 bits per heavy atom. The van der Waals surface area contributed by atoms with Crippen molar-refractivity contribution >= 4 is 5.97 Å². The Morgan fingerprint density at radius 1 is 1.22 bits per heavy atom. The van der Waals surface area contributed by atoms with E-state index in [1.54, 1.807) is 0 Å². The molecule has 0 N–H and O–H groups in total. The maximum absolute atomic E-state index is 13.6. The van der Waals surface area contributed by atoms with Gasteiger partial charge in [0, 0.05) is 23.5 Å². The number of benzene rings is 1. The molecule has 2 rings (SSSR count). The minimum atomic E-state index is -0.583. The number of ether oxygens (including phenoxy) is 1. The zero-order valence-corrected chi connectivity index (χ0v) is 9.48. The molecule has 1 heterocycles. The fraction of sp³-hybridized carbons (Fsp3) is 0.0769. The lowest BCUT2D eigenvalue weighted by Gasteiger charge is -2.05. The Hall–Kier alpha value is -2.30. The van der Waals surface area contributed by atoms with Crippen LogP contribution in [-0.4, -0.2) is 18.1 Å². The van der Waals surface area contributed by atoms with Gasteiger partial charge < -0.3 is 4.74 Å². The molecule has 0 radical (unpaired) electrons. The zero-order chi connectivity index (χ0) is 13.1. The van der Waals surface area contributed by atoms with E-state index in [4.69, 9.17) is 0 Å². The Kier molecular flexibility index (Phi) is 3.32. The second kappa shape index (κ2) is 4.91. The van der Waals surface area contributed by atoms with E-state index in [0.29, 0.717) is 5.56 Å². The van der Waals surface area contributed by atoms with Crippen LogP contribution in [0, 0.1) is 11.6 Å². The number of nitrogens with zero attached hydrogens (tertiary/aromatic N) is 1. The van der Waals surface area contributed by atoms with E-state index in [0.717, 1.165) is 18.2 Å². The van der Waals surface area contributed by atoms with Gasteiger partial charge in [-0.05, 0) is 24.3 Å². The molecule has 3 nitrogen and oxygen atoms in total. The van der Waals surface area contributed by atoms with Crippen LogP contribution in [0.5, 0.6) is 0 Å². The minimum Gasteiger partial charge on any atom is -0.465 e. The molecule has 0 atom stereocenters. The zero-order valence-electron chi connectivity index (χ0n) is 9.48. The Bertz CT molecular complexity index is 599. The summed E-state index contributed by atoms with van der Waals surface area (Å²) >= 11 is 0. The van der Waals surface area contributed by atoms with Crippen LogP contribution in [0.15, 0.2) is 36.7 Å². The molecule has 1 aromatic carbocycles. The number of pyridine rings is 1. The van der Waals surface area contributed by atoms with Gasteiger partial charge in [-0.15, -0.1) is 0 Å². The fourth-order valence-corrected chi connectivity index (χ4v) is 1.54. The fourth-order valence-electron chi connectivity index (χ4n) is 1.54. The monoisotopic (exact) mass is 249 g/mol. The summed E-state index contributed by atoms with van der Waals surface area (Å²) in [6, 6.07) is 4.50. The molecule has 0 fully saturated rings. The SMILES string of the molecule is COC(=O)c1cncc(-c2cc(F)ccc2F)c1. The van der Waals surface area contributed by atoms with E-state index >= 15 is 0 Å². The van der Waals surface area contributed by atoms with Crippen molar-refractivity contribution in [2.24, 2.45) is 0 Å². The molecule has 0 spiro atoms. The van der Waals surface area contributed by atoms with Crippen LogP contribution in [0.2, 0.25) is 0 Å². The van der Waals surface area contributed by atoms with Crippen molar-refractivity contribution in [2.75, 3.05) is 7.11 Å². The predicted octanol–water partition coefficient (Wildman–Crippen LogP) is 2.81. The molecule has 0 aliphatic heterocycles. The number of rotatable bonds is 2. The number of aromatic nitrogens is 1. The first-order chi connectivity index (χ1) is 8.61. The normalized spacial score (nSPS) is 10.2. The van der Waals surface area contributed by atoms with E-state index in [9.17, 15) is 13.6 Å². The standard InChI is InChI=1S/C13H9F2NO2/c1-18-13(17)9-4-8(6-16-7-9)11-5-10(14)2-3-12(11)15/h2-7H,1H3. The van der Waals surface area contributed by atoms with Gasteiger partial charge >= 0.3 is 5.97 Å². The van der Waals surface area contributed by atoms with Gasteiger partial charge in [0.25, 0.3) is 0 Å². The van der Waals surface area contributed by atoms with Crippen LogP contribution in [0.25, 0.3) is 11.1 Å². The quantitative estimate of drug-likeness (QED) is 0.768. The first-order valence-electron chi connectivity index (χ1n) is 5.10. The van der Waals surface area contributed by atoms with Crippen molar-refractivity contribution in [3.8, 4) is 11.1 Å². The molecule has 2 aromatic rings. The van der Waals surface area contributed by atoms with E-state index in [1.165, 1.54) is 25.6 Å². The molecule has 92 valence electrons. The van der Waals surface area contributed by atoms with E-state index < -0.39 is 17.6 Å². The molecule has 5 heteroatoms. The van der Waals surface area contributed by atoms with Gasteiger partial charge in [0.1, 0.15) is 11.6 Å². The molecule has 18 heavy (non-hydrogen) atoms. The average molecular weight is 249 g/mol. The maximum Gasteiger partial charge on any atom is 0.339 e. The Morgan fingerprint density at radius 2 is 2.00 bits per heavy atom. The van der Waals surface area contributed by atoms with Gasteiger partial charge in [0.2, 0.25) is 0 Å². The average Bonchev–Trinajstić information content (AvgIpc) is 2.40. The van der Waals surface area contributed by atoms with Crippen molar-refractivity contribution in [1.29, 1.82) is 0 Å². The molecule has 0 aliphatic rings. The summed E-state index contributed by atoms with van der Waals surface area (Å²) in [5.74, 6) is -1.73. The van der Waals surface area contributed by atoms with Crippen molar-refractivity contribution < 1.29 is 18.3 Å². The van der Waals surface area contributed by atoms with E-state index in [1.807, 2.05) is 0 Å². The highest BCUT2D eigenvalue weighted by molar-refractivity contribution is 5.90. The lowest BCUT2D eigenvalue weighted by atomic mass is 10.1. The van der Waals surface area contributed by atoms with Crippen molar-refractivity contribution in [3.63, 3.8) is 0 Å². The number of halogens is 2. The van der Waals surface area contributed by atoms with Crippen molar-refractivity contribution in [1.82, 2.24) is 4.98 Å². The summed E-state index contributed by atoms with van der Waals surface area (Å²) in [5, 5.41) is 0. The van der Waals surface area contributed by atoms with Gasteiger partial charge in [0.15, 0.2) is 0 Å². The summed E-state index contributed by atoms with van der Waals surface area (Å²) in [6.45, 7) is 0. The third-order valence-corrected chi connectivity index (χ3v) is 2.40. The van der Waals surface area contributed by atoms with Gasteiger partial charge in [0.05, 0.1) is 12.7 Å². The van der Waals surface area contributed by atoms with Gasteiger partial charge in [-0.2, -0.15) is 0 Å². The number of esters is 1. The molecule has 1 aromatic heterocycles. The molecule has 0 amide bonds.